The lowest BCUT2D eigenvalue weighted by Crippen LogP contribution is -2.40. The Morgan fingerprint density at radius 2 is 1.62 bits per heavy atom. The number of benzene rings is 2. The lowest BCUT2D eigenvalue weighted by atomic mass is 10.2. The molecule has 4 aromatic rings. The fourth-order valence-electron chi connectivity index (χ4n) is 3.36. The van der Waals surface area contributed by atoms with Gasteiger partial charge in [-0.2, -0.15) is 0 Å². The Kier molecular flexibility index (Phi) is 5.32. The average molecular weight is 408 g/mol. The second-order valence-corrected chi connectivity index (χ2v) is 8.80. The van der Waals surface area contributed by atoms with Crippen molar-refractivity contribution < 1.29 is 4.57 Å². The summed E-state index contributed by atoms with van der Waals surface area (Å²) in [5, 5.41) is 0. The number of fused-ring (bicyclic) bond motifs is 1. The van der Waals surface area contributed by atoms with Crippen LogP contribution in [0.3, 0.4) is 0 Å². The largest absolute Gasteiger partial charge is 0.337 e. The van der Waals surface area contributed by atoms with Crippen LogP contribution in [0.5, 0.6) is 0 Å². The van der Waals surface area contributed by atoms with Gasteiger partial charge in [-0.15, -0.1) is 0 Å². The third-order valence-corrected chi connectivity index (χ3v) is 5.73. The number of aromatic nitrogens is 4. The summed E-state index contributed by atoms with van der Waals surface area (Å²) in [6, 6.07) is 18.9. The van der Waals surface area contributed by atoms with E-state index in [1.807, 2.05) is 48.5 Å². The van der Waals surface area contributed by atoms with Gasteiger partial charge in [-0.25, -0.2) is 14.3 Å². The molecule has 8 heteroatoms. The minimum absolute atomic E-state index is 0.116. The third kappa shape index (κ3) is 3.74. The van der Waals surface area contributed by atoms with Gasteiger partial charge in [0.25, 0.3) is 5.56 Å². The first-order chi connectivity index (χ1) is 14.1. The van der Waals surface area contributed by atoms with Gasteiger partial charge in [0.2, 0.25) is 0 Å². The van der Waals surface area contributed by atoms with Crippen molar-refractivity contribution in [3.63, 3.8) is 0 Å². The van der Waals surface area contributed by atoms with Crippen molar-refractivity contribution >= 4 is 19.0 Å². The number of rotatable bonds is 6. The van der Waals surface area contributed by atoms with E-state index < -0.39 is 19.1 Å². The molecule has 0 saturated heterocycles. The van der Waals surface area contributed by atoms with E-state index in [9.17, 15) is 14.2 Å². The van der Waals surface area contributed by atoms with Crippen LogP contribution in [0.15, 0.2) is 76.6 Å². The summed E-state index contributed by atoms with van der Waals surface area (Å²) in [7, 11) is -1.82. The average Bonchev–Trinajstić information content (AvgIpc) is 3.12. The molecule has 0 spiro atoms. The molecule has 0 fully saturated rings. The van der Waals surface area contributed by atoms with Gasteiger partial charge in [0.1, 0.15) is 0 Å². The standard InChI is InChI=1S/C21H21N4O3P/c1-29(28)13-12-24-20(26)18-19(25(21(24)27)17-10-6-3-7-11-17)22-15-23(18)14-16-8-4-2-5-9-16/h2-11,15,29H,12-14H2,1H3. The Hall–Kier alpha value is -3.18. The van der Waals surface area contributed by atoms with Crippen LogP contribution in [0.2, 0.25) is 0 Å². The molecule has 0 aliphatic carbocycles. The van der Waals surface area contributed by atoms with Crippen LogP contribution in [-0.4, -0.2) is 31.5 Å². The lowest BCUT2D eigenvalue weighted by molar-refractivity contribution is 0.582. The van der Waals surface area contributed by atoms with E-state index in [-0.39, 0.29) is 6.54 Å². The highest BCUT2D eigenvalue weighted by molar-refractivity contribution is 7.43. The van der Waals surface area contributed by atoms with E-state index in [1.165, 1.54) is 9.13 Å². The molecule has 29 heavy (non-hydrogen) atoms. The van der Waals surface area contributed by atoms with E-state index in [2.05, 4.69) is 4.98 Å². The van der Waals surface area contributed by atoms with Gasteiger partial charge in [0, 0.05) is 19.3 Å². The van der Waals surface area contributed by atoms with Crippen LogP contribution in [0.1, 0.15) is 5.56 Å². The molecule has 4 rings (SSSR count). The molecule has 0 saturated carbocycles. The molecule has 1 unspecified atom stereocenters. The van der Waals surface area contributed by atoms with Gasteiger partial charge in [-0.05, 0) is 24.4 Å². The Labute approximate surface area is 167 Å². The van der Waals surface area contributed by atoms with E-state index in [1.54, 1.807) is 29.7 Å². The SMILES string of the molecule is C[PH](=O)CCn1c(=O)c2c(ncn2Cc2ccccc2)n(-c2ccccc2)c1=O. The van der Waals surface area contributed by atoms with Gasteiger partial charge >= 0.3 is 5.69 Å². The van der Waals surface area contributed by atoms with Crippen LogP contribution in [0, 0.1) is 0 Å². The molecule has 2 heterocycles. The summed E-state index contributed by atoms with van der Waals surface area (Å²) < 4.78 is 16.0. The molecule has 148 valence electrons. The molecular formula is C21H21N4O3P. The van der Waals surface area contributed by atoms with Crippen LogP contribution in [0.25, 0.3) is 16.9 Å². The van der Waals surface area contributed by atoms with Crippen LogP contribution in [-0.2, 0) is 17.7 Å². The maximum Gasteiger partial charge on any atom is 0.337 e. The molecule has 7 nitrogen and oxygen atoms in total. The van der Waals surface area contributed by atoms with Gasteiger partial charge in [0.15, 0.2) is 11.2 Å². The van der Waals surface area contributed by atoms with E-state index >= 15 is 0 Å². The highest BCUT2D eigenvalue weighted by Crippen LogP contribution is 2.16. The third-order valence-electron chi connectivity index (χ3n) is 4.80. The minimum Gasteiger partial charge on any atom is -0.327 e. The highest BCUT2D eigenvalue weighted by Gasteiger charge is 2.19. The molecule has 0 radical (unpaired) electrons. The molecular weight excluding hydrogens is 387 g/mol. The Morgan fingerprint density at radius 1 is 0.966 bits per heavy atom. The molecule has 0 aliphatic heterocycles. The van der Waals surface area contributed by atoms with Crippen molar-refractivity contribution in [1.29, 1.82) is 0 Å². The number of hydrogen-bond acceptors (Lipinski definition) is 4. The monoisotopic (exact) mass is 408 g/mol. The fourth-order valence-corrected chi connectivity index (χ4v) is 3.89. The van der Waals surface area contributed by atoms with Crippen LogP contribution >= 0.6 is 7.80 Å². The fraction of sp³-hybridized carbons (Fsp3) is 0.190. The van der Waals surface area contributed by atoms with Crippen molar-refractivity contribution in [1.82, 2.24) is 18.7 Å². The molecule has 2 aromatic carbocycles. The summed E-state index contributed by atoms with van der Waals surface area (Å²) in [5.74, 6) is 0. The maximum atomic E-state index is 13.2. The Bertz CT molecular complexity index is 1290. The first-order valence-electron chi connectivity index (χ1n) is 9.35. The Balaban J connectivity index is 1.97. The van der Waals surface area contributed by atoms with Crippen molar-refractivity contribution in [3.8, 4) is 5.69 Å². The number of nitrogens with zero attached hydrogens (tertiary/aromatic N) is 4. The first-order valence-corrected chi connectivity index (χ1v) is 11.5. The quantitative estimate of drug-likeness (QED) is 0.460. The number of para-hydroxylation sites is 1. The smallest absolute Gasteiger partial charge is 0.327 e. The molecule has 0 aliphatic rings. The van der Waals surface area contributed by atoms with E-state index in [4.69, 9.17) is 0 Å². The zero-order valence-electron chi connectivity index (χ0n) is 16.0. The van der Waals surface area contributed by atoms with E-state index in [0.717, 1.165) is 5.56 Å². The molecule has 2 aromatic heterocycles. The van der Waals surface area contributed by atoms with Crippen molar-refractivity contribution in [2.45, 2.75) is 13.1 Å². The predicted octanol–water partition coefficient (Wildman–Crippen LogP) is 2.59. The normalized spacial score (nSPS) is 12.3. The van der Waals surface area contributed by atoms with Crippen molar-refractivity contribution in [2.75, 3.05) is 12.8 Å². The molecule has 0 bridgehead atoms. The van der Waals surface area contributed by atoms with Gasteiger partial charge in [-0.3, -0.25) is 9.36 Å². The predicted molar refractivity (Wildman–Crippen MR) is 115 cm³/mol. The van der Waals surface area contributed by atoms with E-state index in [0.29, 0.717) is 29.6 Å². The topological polar surface area (TPSA) is 78.9 Å². The molecule has 0 amide bonds. The van der Waals surface area contributed by atoms with Crippen molar-refractivity contribution in [2.24, 2.45) is 0 Å². The zero-order chi connectivity index (χ0) is 20.4. The van der Waals surface area contributed by atoms with Crippen LogP contribution < -0.4 is 11.2 Å². The Morgan fingerprint density at radius 3 is 2.28 bits per heavy atom. The van der Waals surface area contributed by atoms with Crippen molar-refractivity contribution in [3.05, 3.63) is 93.4 Å². The molecule has 0 N–H and O–H groups in total. The number of hydrogen-bond donors (Lipinski definition) is 0. The second-order valence-electron chi connectivity index (χ2n) is 6.89. The highest BCUT2D eigenvalue weighted by atomic mass is 31.1. The maximum absolute atomic E-state index is 13.2. The lowest BCUT2D eigenvalue weighted by Gasteiger charge is -2.12. The van der Waals surface area contributed by atoms with Gasteiger partial charge in [0.05, 0.1) is 19.8 Å². The summed E-state index contributed by atoms with van der Waals surface area (Å²) in [6.07, 6.45) is 1.89. The minimum atomic E-state index is -1.82. The second kappa shape index (κ2) is 8.05. The zero-order valence-corrected chi connectivity index (χ0v) is 17.0. The van der Waals surface area contributed by atoms with Gasteiger partial charge < -0.3 is 9.13 Å². The first kappa shape index (κ1) is 19.2. The summed E-state index contributed by atoms with van der Waals surface area (Å²) in [5.41, 5.74) is 1.45. The van der Waals surface area contributed by atoms with Crippen LogP contribution in [0.4, 0.5) is 0 Å². The summed E-state index contributed by atoms with van der Waals surface area (Å²) >= 11 is 0. The summed E-state index contributed by atoms with van der Waals surface area (Å²) in [6.45, 7) is 2.21. The molecule has 1 atom stereocenters. The number of imidazole rings is 1. The van der Waals surface area contributed by atoms with Gasteiger partial charge in [-0.1, -0.05) is 48.5 Å². The summed E-state index contributed by atoms with van der Waals surface area (Å²) in [4.78, 5) is 30.8.